The molecule has 4 nitrogen and oxygen atoms in total. The summed E-state index contributed by atoms with van der Waals surface area (Å²) in [5, 5.41) is 5.76. The van der Waals surface area contributed by atoms with Gasteiger partial charge in [0.2, 0.25) is 0 Å². The minimum atomic E-state index is -0.232. The summed E-state index contributed by atoms with van der Waals surface area (Å²) in [4.78, 5) is 12.0. The van der Waals surface area contributed by atoms with E-state index in [9.17, 15) is 4.79 Å². The summed E-state index contributed by atoms with van der Waals surface area (Å²) in [5.41, 5.74) is 2.94. The van der Waals surface area contributed by atoms with Gasteiger partial charge in [0.1, 0.15) is 11.5 Å². The predicted molar refractivity (Wildman–Crippen MR) is 79.9 cm³/mol. The van der Waals surface area contributed by atoms with Crippen LogP contribution in [0.15, 0.2) is 34.7 Å². The summed E-state index contributed by atoms with van der Waals surface area (Å²) in [6, 6.07) is 9.28. The molecule has 20 heavy (non-hydrogen) atoms. The molecule has 2 N–H and O–H groups in total. The van der Waals surface area contributed by atoms with E-state index in [0.29, 0.717) is 0 Å². The first-order valence-corrected chi connectivity index (χ1v) is 6.67. The van der Waals surface area contributed by atoms with E-state index in [4.69, 9.17) is 4.42 Å². The lowest BCUT2D eigenvalue weighted by molar-refractivity contribution is 0.247. The number of nitrogens with one attached hydrogen (secondary N) is 2. The van der Waals surface area contributed by atoms with Crippen LogP contribution in [0.4, 0.5) is 10.5 Å². The Balaban J connectivity index is 2.02. The van der Waals surface area contributed by atoms with Crippen molar-refractivity contribution in [2.75, 3.05) is 5.32 Å². The van der Waals surface area contributed by atoms with Crippen molar-refractivity contribution >= 4 is 11.7 Å². The van der Waals surface area contributed by atoms with Crippen LogP contribution in [0, 0.1) is 20.8 Å². The van der Waals surface area contributed by atoms with Gasteiger partial charge in [0.25, 0.3) is 0 Å². The fourth-order valence-corrected chi connectivity index (χ4v) is 2.12. The summed E-state index contributed by atoms with van der Waals surface area (Å²) in [6.07, 6.45) is 0. The zero-order valence-corrected chi connectivity index (χ0v) is 12.3. The van der Waals surface area contributed by atoms with Gasteiger partial charge in [-0.2, -0.15) is 0 Å². The Kier molecular flexibility index (Phi) is 4.13. The Labute approximate surface area is 119 Å². The fraction of sp³-hybridized carbons (Fsp3) is 0.312. The Morgan fingerprint density at radius 2 is 1.75 bits per heavy atom. The summed E-state index contributed by atoms with van der Waals surface area (Å²) < 4.78 is 5.50. The molecule has 106 valence electrons. The molecule has 1 aromatic carbocycles. The first-order chi connectivity index (χ1) is 9.47. The molecule has 0 aliphatic rings. The van der Waals surface area contributed by atoms with Gasteiger partial charge in [-0.25, -0.2) is 4.79 Å². The van der Waals surface area contributed by atoms with Gasteiger partial charge in [-0.1, -0.05) is 18.2 Å². The van der Waals surface area contributed by atoms with Crippen LogP contribution in [-0.2, 0) is 0 Å². The second-order valence-electron chi connectivity index (χ2n) is 5.04. The van der Waals surface area contributed by atoms with E-state index in [-0.39, 0.29) is 12.1 Å². The van der Waals surface area contributed by atoms with Gasteiger partial charge in [-0.3, -0.25) is 0 Å². The molecule has 0 saturated heterocycles. The summed E-state index contributed by atoms with van der Waals surface area (Å²) in [5.74, 6) is 1.59. The molecule has 0 bridgehead atoms. The number of amides is 2. The molecule has 1 atom stereocenters. The number of aryl methyl sites for hydroxylation is 3. The van der Waals surface area contributed by atoms with Crippen LogP contribution in [0.3, 0.4) is 0 Å². The van der Waals surface area contributed by atoms with Gasteiger partial charge < -0.3 is 15.1 Å². The molecule has 0 aliphatic heterocycles. The molecule has 4 heteroatoms. The first kappa shape index (κ1) is 14.2. The van der Waals surface area contributed by atoms with E-state index in [0.717, 1.165) is 28.3 Å². The molecule has 1 heterocycles. The minimum absolute atomic E-state index is 0.173. The number of para-hydroxylation sites is 1. The molecule has 0 aliphatic carbocycles. The average Bonchev–Trinajstić information content (AvgIpc) is 2.81. The molecule has 0 fully saturated rings. The summed E-state index contributed by atoms with van der Waals surface area (Å²) in [7, 11) is 0. The Morgan fingerprint density at radius 3 is 2.30 bits per heavy atom. The van der Waals surface area contributed by atoms with Crippen molar-refractivity contribution < 1.29 is 9.21 Å². The summed E-state index contributed by atoms with van der Waals surface area (Å²) in [6.45, 7) is 7.72. The van der Waals surface area contributed by atoms with E-state index in [1.807, 2.05) is 58.0 Å². The van der Waals surface area contributed by atoms with Crippen LogP contribution in [-0.4, -0.2) is 6.03 Å². The van der Waals surface area contributed by atoms with Crippen LogP contribution in [0.25, 0.3) is 0 Å². The van der Waals surface area contributed by atoms with Gasteiger partial charge in [0.15, 0.2) is 0 Å². The van der Waals surface area contributed by atoms with Gasteiger partial charge in [-0.15, -0.1) is 0 Å². The third kappa shape index (κ3) is 3.20. The lowest BCUT2D eigenvalue weighted by Gasteiger charge is -2.15. The molecule has 0 radical (unpaired) electrons. The molecule has 2 rings (SSSR count). The van der Waals surface area contributed by atoms with Crippen LogP contribution < -0.4 is 10.6 Å². The highest BCUT2D eigenvalue weighted by atomic mass is 16.3. The van der Waals surface area contributed by atoms with Gasteiger partial charge in [0, 0.05) is 5.69 Å². The molecule has 0 saturated carbocycles. The van der Waals surface area contributed by atoms with Crippen LogP contribution in [0.2, 0.25) is 0 Å². The standard InChI is InChI=1S/C16H20N2O2/c1-10-6-5-7-11(2)15(10)18-16(19)17-13(4)14-9-8-12(3)20-14/h5-9,13H,1-4H3,(H2,17,18,19). The second-order valence-corrected chi connectivity index (χ2v) is 5.04. The number of carbonyl (C=O) groups is 1. The second kappa shape index (κ2) is 5.82. The quantitative estimate of drug-likeness (QED) is 0.884. The molecule has 1 unspecified atom stereocenters. The fourth-order valence-electron chi connectivity index (χ4n) is 2.12. The maximum atomic E-state index is 12.0. The number of benzene rings is 1. The van der Waals surface area contributed by atoms with Crippen LogP contribution >= 0.6 is 0 Å². The van der Waals surface area contributed by atoms with E-state index >= 15 is 0 Å². The van der Waals surface area contributed by atoms with Gasteiger partial charge >= 0.3 is 6.03 Å². The molecule has 2 amide bonds. The SMILES string of the molecule is Cc1ccc(C(C)NC(=O)Nc2c(C)cccc2C)o1. The first-order valence-electron chi connectivity index (χ1n) is 6.67. The number of furan rings is 1. The third-order valence-electron chi connectivity index (χ3n) is 3.26. The van der Waals surface area contributed by atoms with Crippen LogP contribution in [0.5, 0.6) is 0 Å². The third-order valence-corrected chi connectivity index (χ3v) is 3.26. The minimum Gasteiger partial charge on any atom is -0.464 e. The van der Waals surface area contributed by atoms with E-state index in [1.165, 1.54) is 0 Å². The number of urea groups is 1. The van der Waals surface area contributed by atoms with Gasteiger partial charge in [0.05, 0.1) is 6.04 Å². The van der Waals surface area contributed by atoms with Crippen molar-refractivity contribution in [3.63, 3.8) is 0 Å². The van der Waals surface area contributed by atoms with E-state index < -0.39 is 0 Å². The largest absolute Gasteiger partial charge is 0.464 e. The lowest BCUT2D eigenvalue weighted by atomic mass is 10.1. The van der Waals surface area contributed by atoms with Crippen molar-refractivity contribution in [2.45, 2.75) is 33.7 Å². The van der Waals surface area contributed by atoms with Crippen molar-refractivity contribution in [3.8, 4) is 0 Å². The Bertz CT molecular complexity index is 596. The van der Waals surface area contributed by atoms with Crippen molar-refractivity contribution in [1.29, 1.82) is 0 Å². The van der Waals surface area contributed by atoms with E-state index in [1.54, 1.807) is 0 Å². The zero-order chi connectivity index (χ0) is 14.7. The topological polar surface area (TPSA) is 54.3 Å². The maximum absolute atomic E-state index is 12.0. The Hall–Kier alpha value is -2.23. The average molecular weight is 272 g/mol. The highest BCUT2D eigenvalue weighted by Crippen LogP contribution is 2.20. The number of anilines is 1. The lowest BCUT2D eigenvalue weighted by Crippen LogP contribution is -2.31. The monoisotopic (exact) mass is 272 g/mol. The normalized spacial score (nSPS) is 12.0. The van der Waals surface area contributed by atoms with Gasteiger partial charge in [-0.05, 0) is 51.0 Å². The zero-order valence-electron chi connectivity index (χ0n) is 12.3. The smallest absolute Gasteiger partial charge is 0.319 e. The summed E-state index contributed by atoms with van der Waals surface area (Å²) >= 11 is 0. The molecule has 2 aromatic rings. The molecule has 0 spiro atoms. The number of carbonyl (C=O) groups excluding carboxylic acids is 1. The Morgan fingerprint density at radius 1 is 1.10 bits per heavy atom. The van der Waals surface area contributed by atoms with Crippen molar-refractivity contribution in [2.24, 2.45) is 0 Å². The van der Waals surface area contributed by atoms with E-state index in [2.05, 4.69) is 10.6 Å². The molecular formula is C16H20N2O2. The highest BCUT2D eigenvalue weighted by molar-refractivity contribution is 5.91. The molecule has 1 aromatic heterocycles. The highest BCUT2D eigenvalue weighted by Gasteiger charge is 2.13. The van der Waals surface area contributed by atoms with Crippen molar-refractivity contribution in [3.05, 3.63) is 53.0 Å². The molecular weight excluding hydrogens is 252 g/mol. The predicted octanol–water partition coefficient (Wildman–Crippen LogP) is 4.09. The van der Waals surface area contributed by atoms with Crippen molar-refractivity contribution in [1.82, 2.24) is 5.32 Å². The maximum Gasteiger partial charge on any atom is 0.319 e. The van der Waals surface area contributed by atoms with Crippen LogP contribution in [0.1, 0.15) is 35.6 Å². The number of hydrogen-bond donors (Lipinski definition) is 2. The number of rotatable bonds is 3. The number of hydrogen-bond acceptors (Lipinski definition) is 2.